The van der Waals surface area contributed by atoms with Gasteiger partial charge in [-0.15, -0.1) is 0 Å². The summed E-state index contributed by atoms with van der Waals surface area (Å²) in [6, 6.07) is 21.9. The summed E-state index contributed by atoms with van der Waals surface area (Å²) in [6.45, 7) is -0.170. The molecule has 3 aromatic carbocycles. The molecule has 1 amide bonds. The fraction of sp³-hybridized carbons (Fsp3) is 0.125. The van der Waals surface area contributed by atoms with Gasteiger partial charge in [-0.05, 0) is 18.2 Å². The van der Waals surface area contributed by atoms with Gasteiger partial charge < -0.3 is 24.1 Å². The maximum Gasteiger partial charge on any atom is 0.262 e. The molecular weight excluding hydrogens is 410 g/mol. The average Bonchev–Trinajstić information content (AvgIpc) is 3.34. The molecule has 8 nitrogen and oxygen atoms in total. The molecule has 0 unspecified atom stereocenters. The maximum atomic E-state index is 12.6. The Labute approximate surface area is 184 Å². The van der Waals surface area contributed by atoms with E-state index in [1.165, 1.54) is 14.2 Å². The summed E-state index contributed by atoms with van der Waals surface area (Å²) in [4.78, 5) is 17.1. The van der Waals surface area contributed by atoms with Crippen molar-refractivity contribution in [2.75, 3.05) is 26.1 Å². The van der Waals surface area contributed by atoms with Crippen LogP contribution in [0, 0.1) is 0 Å². The van der Waals surface area contributed by atoms with Crippen LogP contribution in [0.4, 0.5) is 5.69 Å². The third kappa shape index (κ3) is 4.70. The molecule has 0 aliphatic rings. The smallest absolute Gasteiger partial charge is 0.262 e. The summed E-state index contributed by atoms with van der Waals surface area (Å²) in [6.07, 6.45) is 0. The van der Waals surface area contributed by atoms with Crippen molar-refractivity contribution in [1.29, 1.82) is 0 Å². The number of methoxy groups -OCH3 is 2. The van der Waals surface area contributed by atoms with Gasteiger partial charge in [0.05, 0.1) is 25.5 Å². The maximum absolute atomic E-state index is 12.6. The first-order valence-electron chi connectivity index (χ1n) is 9.81. The second-order valence-electron chi connectivity index (χ2n) is 6.69. The minimum atomic E-state index is -0.356. The summed E-state index contributed by atoms with van der Waals surface area (Å²) < 4.78 is 21.8. The van der Waals surface area contributed by atoms with Crippen LogP contribution in [-0.4, -0.2) is 36.9 Å². The number of nitrogens with zero attached hydrogens (tertiary/aromatic N) is 2. The van der Waals surface area contributed by atoms with E-state index < -0.39 is 0 Å². The third-order valence-electron chi connectivity index (χ3n) is 4.60. The van der Waals surface area contributed by atoms with E-state index in [9.17, 15) is 4.79 Å². The van der Waals surface area contributed by atoms with Crippen molar-refractivity contribution >= 4 is 11.6 Å². The highest BCUT2D eigenvalue weighted by Gasteiger charge is 2.20. The summed E-state index contributed by atoms with van der Waals surface area (Å²) >= 11 is 0. The van der Waals surface area contributed by atoms with Gasteiger partial charge in [-0.2, -0.15) is 4.98 Å². The first-order valence-corrected chi connectivity index (χ1v) is 9.81. The van der Waals surface area contributed by atoms with E-state index in [0.717, 1.165) is 5.56 Å². The quantitative estimate of drug-likeness (QED) is 0.441. The Morgan fingerprint density at radius 1 is 0.938 bits per heavy atom. The van der Waals surface area contributed by atoms with Crippen LogP contribution in [0.25, 0.3) is 22.8 Å². The molecule has 162 valence electrons. The number of anilines is 1. The molecule has 0 saturated carbocycles. The van der Waals surface area contributed by atoms with Crippen molar-refractivity contribution in [1.82, 2.24) is 10.1 Å². The SMILES string of the molecule is COc1cc(NC(=O)COc2ccccc2)c(-c2nc(-c3ccccc3)no2)cc1OC. The number of para-hydroxylation sites is 1. The van der Waals surface area contributed by atoms with Gasteiger partial charge in [0, 0.05) is 11.6 Å². The molecule has 4 rings (SSSR count). The molecule has 1 N–H and O–H groups in total. The van der Waals surface area contributed by atoms with Crippen molar-refractivity contribution in [2.45, 2.75) is 0 Å². The molecule has 1 aromatic heterocycles. The lowest BCUT2D eigenvalue weighted by Gasteiger charge is -2.14. The predicted molar refractivity (Wildman–Crippen MR) is 119 cm³/mol. The fourth-order valence-corrected chi connectivity index (χ4v) is 3.05. The van der Waals surface area contributed by atoms with Gasteiger partial charge in [-0.1, -0.05) is 53.7 Å². The third-order valence-corrected chi connectivity index (χ3v) is 4.60. The summed E-state index contributed by atoms with van der Waals surface area (Å²) in [5.41, 5.74) is 1.72. The Balaban J connectivity index is 1.62. The molecule has 32 heavy (non-hydrogen) atoms. The van der Waals surface area contributed by atoms with E-state index >= 15 is 0 Å². The summed E-state index contributed by atoms with van der Waals surface area (Å²) in [5.74, 6) is 1.80. The topological polar surface area (TPSA) is 95.7 Å². The number of ether oxygens (including phenoxy) is 3. The fourth-order valence-electron chi connectivity index (χ4n) is 3.05. The molecule has 0 fully saturated rings. The molecule has 0 aliphatic heterocycles. The van der Waals surface area contributed by atoms with Crippen molar-refractivity contribution < 1.29 is 23.5 Å². The second-order valence-corrected chi connectivity index (χ2v) is 6.69. The minimum absolute atomic E-state index is 0.170. The van der Waals surface area contributed by atoms with Gasteiger partial charge in [-0.25, -0.2) is 0 Å². The van der Waals surface area contributed by atoms with Crippen LogP contribution in [0.5, 0.6) is 17.2 Å². The van der Waals surface area contributed by atoms with Crippen LogP contribution in [-0.2, 0) is 4.79 Å². The number of benzene rings is 3. The van der Waals surface area contributed by atoms with Crippen LogP contribution in [0.1, 0.15) is 0 Å². The summed E-state index contributed by atoms with van der Waals surface area (Å²) in [7, 11) is 3.04. The van der Waals surface area contributed by atoms with Crippen molar-refractivity contribution in [2.24, 2.45) is 0 Å². The van der Waals surface area contributed by atoms with Gasteiger partial charge >= 0.3 is 0 Å². The highest BCUT2D eigenvalue weighted by Crippen LogP contribution is 2.38. The molecule has 0 saturated heterocycles. The first kappa shape index (κ1) is 20.9. The molecule has 4 aromatic rings. The van der Waals surface area contributed by atoms with Crippen molar-refractivity contribution in [3.63, 3.8) is 0 Å². The van der Waals surface area contributed by atoms with Gasteiger partial charge in [0.1, 0.15) is 5.75 Å². The summed E-state index contributed by atoms with van der Waals surface area (Å²) in [5, 5.41) is 6.89. The van der Waals surface area contributed by atoms with E-state index in [1.807, 2.05) is 48.5 Å². The van der Waals surface area contributed by atoms with Crippen LogP contribution in [0.2, 0.25) is 0 Å². The van der Waals surface area contributed by atoms with Crippen molar-refractivity contribution in [3.05, 3.63) is 72.8 Å². The highest BCUT2D eigenvalue weighted by molar-refractivity contribution is 5.96. The zero-order chi connectivity index (χ0) is 22.3. The first-order chi connectivity index (χ1) is 15.7. The van der Waals surface area contributed by atoms with E-state index in [0.29, 0.717) is 34.3 Å². The molecule has 0 atom stereocenters. The Hall–Kier alpha value is -4.33. The number of carbonyl (C=O) groups excluding carboxylic acids is 1. The van der Waals surface area contributed by atoms with Crippen LogP contribution in [0.15, 0.2) is 77.3 Å². The molecule has 0 radical (unpaired) electrons. The van der Waals surface area contributed by atoms with E-state index in [2.05, 4.69) is 15.5 Å². The van der Waals surface area contributed by atoms with Crippen LogP contribution < -0.4 is 19.5 Å². The molecule has 0 aliphatic carbocycles. The molecular formula is C24H21N3O5. The Morgan fingerprint density at radius 3 is 2.28 bits per heavy atom. The number of carbonyl (C=O) groups is 1. The predicted octanol–water partition coefficient (Wildman–Crippen LogP) is 4.44. The Kier molecular flexibility index (Phi) is 6.31. The van der Waals surface area contributed by atoms with E-state index in [1.54, 1.807) is 24.3 Å². The molecule has 1 heterocycles. The minimum Gasteiger partial charge on any atom is -0.493 e. The highest BCUT2D eigenvalue weighted by atomic mass is 16.5. The number of nitrogens with one attached hydrogen (secondary N) is 1. The monoisotopic (exact) mass is 431 g/mol. The van der Waals surface area contributed by atoms with Crippen LogP contribution >= 0.6 is 0 Å². The lowest BCUT2D eigenvalue weighted by atomic mass is 10.1. The van der Waals surface area contributed by atoms with E-state index in [4.69, 9.17) is 18.7 Å². The van der Waals surface area contributed by atoms with Gasteiger partial charge in [0.25, 0.3) is 11.8 Å². The number of hydrogen-bond acceptors (Lipinski definition) is 7. The Morgan fingerprint density at radius 2 is 1.59 bits per heavy atom. The number of hydrogen-bond donors (Lipinski definition) is 1. The second kappa shape index (κ2) is 9.65. The van der Waals surface area contributed by atoms with Crippen molar-refractivity contribution in [3.8, 4) is 40.1 Å². The standard InChI is InChI=1S/C24H21N3O5/c1-29-20-13-18(24-26-23(27-32-24)16-9-5-3-6-10-16)19(14-21(20)30-2)25-22(28)15-31-17-11-7-4-8-12-17/h3-14H,15H2,1-2H3,(H,25,28). The number of aromatic nitrogens is 2. The zero-order valence-electron chi connectivity index (χ0n) is 17.6. The molecule has 0 bridgehead atoms. The largest absolute Gasteiger partial charge is 0.493 e. The number of rotatable bonds is 8. The van der Waals surface area contributed by atoms with Gasteiger partial charge in [0.2, 0.25) is 5.82 Å². The van der Waals surface area contributed by atoms with Gasteiger partial charge in [0.15, 0.2) is 18.1 Å². The lowest BCUT2D eigenvalue weighted by molar-refractivity contribution is -0.118. The molecule has 8 heteroatoms. The average molecular weight is 431 g/mol. The van der Waals surface area contributed by atoms with Gasteiger partial charge in [-0.3, -0.25) is 4.79 Å². The van der Waals surface area contributed by atoms with Crippen LogP contribution in [0.3, 0.4) is 0 Å². The normalized spacial score (nSPS) is 10.4. The Bertz CT molecular complexity index is 1190. The molecule has 0 spiro atoms. The number of amides is 1. The van der Waals surface area contributed by atoms with E-state index in [-0.39, 0.29) is 18.4 Å². The zero-order valence-corrected chi connectivity index (χ0v) is 17.6. The lowest BCUT2D eigenvalue weighted by Crippen LogP contribution is -2.20.